The Morgan fingerprint density at radius 1 is 1.18 bits per heavy atom. The molecule has 14 heteroatoms. The minimum Gasteiger partial charge on any atom is -0.496 e. The highest BCUT2D eigenvalue weighted by Gasteiger charge is 2.42. The number of anilines is 3. The van der Waals surface area contributed by atoms with E-state index in [1.807, 2.05) is 31.3 Å². The number of likely N-dealkylation sites (N-methyl/N-ethyl adjacent to an activating group) is 1. The zero-order valence-corrected chi connectivity index (χ0v) is 24.7. The molecular weight excluding hydrogens is 548 g/mol. The molecular formula is C26H34N10O2S2. The summed E-state index contributed by atoms with van der Waals surface area (Å²) in [6.45, 7) is 9.53. The van der Waals surface area contributed by atoms with Crippen LogP contribution in [0.25, 0.3) is 0 Å². The minimum atomic E-state index is -0.351. The van der Waals surface area contributed by atoms with Crippen molar-refractivity contribution in [2.75, 3.05) is 56.4 Å². The first kappa shape index (κ1) is 27.1. The number of carbonyl (C=O) groups is 1. The summed E-state index contributed by atoms with van der Waals surface area (Å²) >= 11 is 2.97. The summed E-state index contributed by atoms with van der Waals surface area (Å²) in [4.78, 5) is 37.5. The maximum Gasteiger partial charge on any atom is 0.239 e. The molecule has 1 amide bonds. The molecule has 40 heavy (non-hydrogen) atoms. The van der Waals surface area contributed by atoms with Crippen LogP contribution < -0.4 is 26.2 Å². The van der Waals surface area contributed by atoms with Gasteiger partial charge in [-0.15, -0.1) is 11.3 Å². The van der Waals surface area contributed by atoms with E-state index in [1.54, 1.807) is 7.11 Å². The van der Waals surface area contributed by atoms with E-state index >= 15 is 0 Å². The van der Waals surface area contributed by atoms with Crippen LogP contribution in [0.3, 0.4) is 0 Å². The van der Waals surface area contributed by atoms with Gasteiger partial charge in [0.1, 0.15) is 10.8 Å². The van der Waals surface area contributed by atoms with Crippen molar-refractivity contribution in [3.63, 3.8) is 0 Å². The van der Waals surface area contributed by atoms with E-state index in [9.17, 15) is 4.79 Å². The van der Waals surface area contributed by atoms with Crippen molar-refractivity contribution in [1.82, 2.24) is 35.2 Å². The van der Waals surface area contributed by atoms with E-state index < -0.39 is 0 Å². The highest BCUT2D eigenvalue weighted by atomic mass is 32.2. The first-order valence-electron chi connectivity index (χ1n) is 13.3. The Kier molecular flexibility index (Phi) is 7.52. The molecule has 3 aromatic heterocycles. The number of thioether (sulfide) groups is 1. The maximum absolute atomic E-state index is 13.4. The number of thiazole rings is 1. The second kappa shape index (κ2) is 11.1. The zero-order valence-electron chi connectivity index (χ0n) is 23.1. The number of amides is 1. The fourth-order valence-corrected chi connectivity index (χ4v) is 7.54. The quantitative estimate of drug-likeness (QED) is 0.353. The summed E-state index contributed by atoms with van der Waals surface area (Å²) in [5.41, 5.74) is 13.5. The van der Waals surface area contributed by atoms with Crippen LogP contribution in [0.15, 0.2) is 17.4 Å². The highest BCUT2D eigenvalue weighted by molar-refractivity contribution is 8.00. The van der Waals surface area contributed by atoms with Crippen molar-refractivity contribution in [2.24, 2.45) is 0 Å². The second-order valence-electron chi connectivity index (χ2n) is 10.5. The van der Waals surface area contributed by atoms with E-state index in [0.29, 0.717) is 18.1 Å². The molecule has 3 aromatic rings. The normalized spacial score (nSPS) is 20.9. The van der Waals surface area contributed by atoms with Crippen molar-refractivity contribution >= 4 is 45.9 Å². The van der Waals surface area contributed by atoms with Gasteiger partial charge in [0.15, 0.2) is 10.9 Å². The molecule has 0 aromatic carbocycles. The molecule has 0 saturated carbocycles. The molecule has 0 spiro atoms. The van der Waals surface area contributed by atoms with Crippen molar-refractivity contribution in [2.45, 2.75) is 49.7 Å². The Bertz CT molecular complexity index is 1420. The van der Waals surface area contributed by atoms with Crippen molar-refractivity contribution < 1.29 is 9.53 Å². The summed E-state index contributed by atoms with van der Waals surface area (Å²) in [5, 5.41) is 6.00. The van der Waals surface area contributed by atoms with Crippen molar-refractivity contribution in [3.05, 3.63) is 39.7 Å². The van der Waals surface area contributed by atoms with Gasteiger partial charge in [-0.2, -0.15) is 4.98 Å². The van der Waals surface area contributed by atoms with Crippen LogP contribution >= 0.6 is 23.1 Å². The topological polar surface area (TPSA) is 138 Å². The number of methoxy groups -OCH3 is 1. The Morgan fingerprint density at radius 2 is 1.98 bits per heavy atom. The summed E-state index contributed by atoms with van der Waals surface area (Å²) in [5.74, 6) is 1.65. The number of carbonyl (C=O) groups excluding carboxylic acids is 1. The fourth-order valence-electron chi connectivity index (χ4n) is 5.45. The molecule has 0 radical (unpaired) electrons. The number of nitrogens with zero attached hydrogens (tertiary/aromatic N) is 7. The van der Waals surface area contributed by atoms with Gasteiger partial charge in [-0.05, 0) is 27.3 Å². The monoisotopic (exact) mass is 582 g/mol. The highest BCUT2D eigenvalue weighted by Crippen LogP contribution is 2.47. The van der Waals surface area contributed by atoms with Gasteiger partial charge in [-0.3, -0.25) is 19.7 Å². The zero-order chi connectivity index (χ0) is 28.0. The number of hydrogen-bond acceptors (Lipinski definition) is 13. The molecule has 2 atom stereocenters. The van der Waals surface area contributed by atoms with E-state index in [0.717, 1.165) is 76.6 Å². The van der Waals surface area contributed by atoms with Crippen LogP contribution in [-0.4, -0.2) is 81.2 Å². The number of hydrazine groups is 1. The molecule has 1 fully saturated rings. The van der Waals surface area contributed by atoms with Crippen molar-refractivity contribution in [3.8, 4) is 5.75 Å². The lowest BCUT2D eigenvalue weighted by Crippen LogP contribution is -2.43. The summed E-state index contributed by atoms with van der Waals surface area (Å²) < 4.78 is 5.59. The smallest absolute Gasteiger partial charge is 0.239 e. The van der Waals surface area contributed by atoms with E-state index in [-0.39, 0.29) is 23.1 Å². The minimum absolute atomic E-state index is 0.0871. The maximum atomic E-state index is 13.4. The van der Waals surface area contributed by atoms with Gasteiger partial charge >= 0.3 is 0 Å². The third kappa shape index (κ3) is 5.33. The first-order valence-corrected chi connectivity index (χ1v) is 15.0. The summed E-state index contributed by atoms with van der Waals surface area (Å²) in [7, 11) is 3.82. The van der Waals surface area contributed by atoms with Crippen LogP contribution in [0.5, 0.6) is 5.75 Å². The first-order chi connectivity index (χ1) is 19.3. The van der Waals surface area contributed by atoms with Crippen LogP contribution in [0.2, 0.25) is 0 Å². The lowest BCUT2D eigenvalue weighted by atomic mass is 10.0. The van der Waals surface area contributed by atoms with Gasteiger partial charge in [0.05, 0.1) is 30.6 Å². The molecule has 0 aliphatic carbocycles. The Labute approximate surface area is 241 Å². The number of piperazine rings is 1. The number of nitrogens with two attached hydrogens (primary N) is 1. The van der Waals surface area contributed by atoms with Gasteiger partial charge in [0, 0.05) is 66.7 Å². The largest absolute Gasteiger partial charge is 0.496 e. The molecule has 1 saturated heterocycles. The van der Waals surface area contributed by atoms with E-state index in [2.05, 4.69) is 47.5 Å². The number of pyridine rings is 1. The average molecular weight is 583 g/mol. The standard InChI is InChI=1S/C26H34N10O2S2/c1-14-10-28-18(15(2)21(14)38-4)13-36-22-20-17(33-36)9-19(40-24(20)32-25(27)30-22)23(37)31-26-29-11-16(39-26)12-35-7-5-34(3)6-8-35/h10-11,17,19,33H,5-9,12-13H2,1-4H3,(H2,27,30,32)(H,29,31,37). The number of nitrogen functional groups attached to an aromatic ring is 1. The molecule has 3 aliphatic heterocycles. The number of rotatable bonds is 7. The molecule has 12 nitrogen and oxygen atoms in total. The van der Waals surface area contributed by atoms with Gasteiger partial charge in [-0.1, -0.05) is 11.8 Å². The van der Waals surface area contributed by atoms with Gasteiger partial charge in [0.2, 0.25) is 11.9 Å². The van der Waals surface area contributed by atoms with E-state index in [4.69, 9.17) is 10.5 Å². The van der Waals surface area contributed by atoms with E-state index in [1.165, 1.54) is 23.1 Å². The Hall–Kier alpha value is -3.04. The van der Waals surface area contributed by atoms with Gasteiger partial charge < -0.3 is 20.7 Å². The summed E-state index contributed by atoms with van der Waals surface area (Å²) in [6, 6.07) is -0.112. The lowest BCUT2D eigenvalue weighted by molar-refractivity contribution is -0.116. The molecule has 3 aliphatic rings. The van der Waals surface area contributed by atoms with Gasteiger partial charge in [0.25, 0.3) is 0 Å². The molecule has 6 rings (SSSR count). The average Bonchev–Trinajstić information content (AvgIpc) is 3.51. The number of hydrogen-bond donors (Lipinski definition) is 3. The summed E-state index contributed by atoms with van der Waals surface area (Å²) in [6.07, 6.45) is 4.27. The molecule has 212 valence electrons. The van der Waals surface area contributed by atoms with Gasteiger partial charge in [-0.25, -0.2) is 15.4 Å². The molecule has 2 unspecified atom stereocenters. The Balaban J connectivity index is 1.14. The molecule has 4 N–H and O–H groups in total. The number of aromatic nitrogens is 4. The number of ether oxygens (including phenoxy) is 1. The predicted molar refractivity (Wildman–Crippen MR) is 157 cm³/mol. The van der Waals surface area contributed by atoms with Crippen LogP contribution in [0.1, 0.15) is 39.7 Å². The van der Waals surface area contributed by atoms with Crippen LogP contribution in [0, 0.1) is 13.8 Å². The predicted octanol–water partition coefficient (Wildman–Crippen LogP) is 2.35. The lowest BCUT2D eigenvalue weighted by Gasteiger charge is -2.31. The fraction of sp³-hybridized carbons (Fsp3) is 0.500. The Morgan fingerprint density at radius 3 is 2.75 bits per heavy atom. The van der Waals surface area contributed by atoms with Crippen molar-refractivity contribution in [1.29, 1.82) is 0 Å². The SMILES string of the molecule is COc1c(C)cnc(CN2NC3CC(C(=O)Nc4ncc(CN5CCN(C)CC5)s4)Sc4nc(N)nc2c43)c1C. The third-order valence-corrected chi connectivity index (χ3v) is 9.76. The van der Waals surface area contributed by atoms with Crippen LogP contribution in [0.4, 0.5) is 16.9 Å². The number of nitrogens with one attached hydrogen (secondary N) is 2. The number of aryl methyl sites for hydroxylation is 1. The van der Waals surface area contributed by atoms with Crippen LogP contribution in [-0.2, 0) is 17.9 Å². The second-order valence-corrected chi connectivity index (χ2v) is 12.8. The third-order valence-electron chi connectivity index (χ3n) is 7.64. The molecule has 6 heterocycles. The molecule has 0 bridgehead atoms.